The number of nitrogens with one attached hydrogen (secondary N) is 3. The molecule has 10 atom stereocenters. The predicted molar refractivity (Wildman–Crippen MR) is 271 cm³/mol. The quantitative estimate of drug-likeness (QED) is 0.0741. The molecule has 396 valence electrons. The Morgan fingerprint density at radius 3 is 2.36 bits per heavy atom. The Kier molecular flexibility index (Phi) is 19.8. The van der Waals surface area contributed by atoms with Crippen molar-refractivity contribution in [2.45, 2.75) is 150 Å². The van der Waals surface area contributed by atoms with Gasteiger partial charge >= 0.3 is 11.9 Å². The fourth-order valence-corrected chi connectivity index (χ4v) is 11.0. The lowest BCUT2D eigenvalue weighted by molar-refractivity contribution is -0.166. The van der Waals surface area contributed by atoms with Crippen LogP contribution >= 0.6 is 11.3 Å². The molecule has 0 saturated carbocycles. The van der Waals surface area contributed by atoms with Gasteiger partial charge in [-0.1, -0.05) is 77.1 Å². The third-order valence-corrected chi connectivity index (χ3v) is 15.3. The number of hydrogen-bond donors (Lipinski definition) is 5. The van der Waals surface area contributed by atoms with E-state index in [1.807, 2.05) is 52.0 Å². The van der Waals surface area contributed by atoms with Gasteiger partial charge in [0.15, 0.2) is 0 Å². The number of esters is 2. The van der Waals surface area contributed by atoms with Gasteiger partial charge in [0.2, 0.25) is 23.6 Å². The number of amides is 4. The summed E-state index contributed by atoms with van der Waals surface area (Å²) in [7, 11) is 0. The Balaban J connectivity index is 0.868. The smallest absolute Gasteiger partial charge is 0.311 e. The molecule has 4 aliphatic rings. The molecule has 1 aromatic heterocycles. The summed E-state index contributed by atoms with van der Waals surface area (Å²) in [6.07, 6.45) is 7.31. The number of ether oxygens (including phenoxy) is 4. The molecule has 5 N–H and O–H groups in total. The number of fused-ring (bicyclic) bond motifs is 1. The summed E-state index contributed by atoms with van der Waals surface area (Å²) in [4.78, 5) is 85.8. The lowest BCUT2D eigenvalue weighted by atomic mass is 9.65. The molecule has 0 bridgehead atoms. The van der Waals surface area contributed by atoms with Crippen molar-refractivity contribution in [3.8, 4) is 10.4 Å². The van der Waals surface area contributed by atoms with E-state index in [1.165, 1.54) is 4.90 Å². The number of allylic oxidation sites excluding steroid dienone is 3. The van der Waals surface area contributed by atoms with Crippen molar-refractivity contribution in [3.63, 3.8) is 0 Å². The highest BCUT2D eigenvalue weighted by molar-refractivity contribution is 7.13. The van der Waals surface area contributed by atoms with Crippen LogP contribution in [0.15, 0.2) is 53.6 Å². The maximum atomic E-state index is 14.0. The summed E-state index contributed by atoms with van der Waals surface area (Å²) in [5.74, 6) is -1.78. The first kappa shape index (κ1) is 56.3. The highest BCUT2D eigenvalue weighted by atomic mass is 32.1. The van der Waals surface area contributed by atoms with Crippen LogP contribution in [0.3, 0.4) is 0 Å². The minimum Gasteiger partial charge on any atom is -0.462 e. The molecule has 72 heavy (non-hydrogen) atoms. The number of benzene rings is 1. The standard InChI is InChI=1S/C54H77N5O12S/c1-32-23-37-12-9-33(2)41(16-15-40-25-38(60)27-46(64)70-40)47(37)43(24-32)71-52(67)54(7,8)18-17-44(62)55-19-20-68-21-22-69-30-45(63)58-49(53(4,5)6)51(66)59-29-39(61)26-42(59)50(65)56-28-35-10-13-36(14-11-35)48-34(3)57-31-72-48/h9-14,23,31-33,38-43,47,49,60-61H,15-22,24-30H2,1-8H3,(H,55,62)(H,56,65)(H,58,63)/t32-,33-,38+,39+,40+,41-,42-,43-,47-,49+/m0/s1. The molecule has 4 amide bonds. The van der Waals surface area contributed by atoms with E-state index in [0.717, 1.165) is 33.7 Å². The van der Waals surface area contributed by atoms with Crippen molar-refractivity contribution in [1.82, 2.24) is 25.8 Å². The zero-order valence-electron chi connectivity index (χ0n) is 43.3. The average molecular weight is 1020 g/mol. The number of β-amino-alcohol motifs (C(OH)–C–C–N with tert-alkyl or cyclic N) is 1. The van der Waals surface area contributed by atoms with E-state index in [9.17, 15) is 39.0 Å². The Morgan fingerprint density at radius 2 is 1.67 bits per heavy atom. The number of carbonyl (C=O) groups excluding carboxylic acids is 6. The van der Waals surface area contributed by atoms with Crippen molar-refractivity contribution in [2.75, 3.05) is 39.5 Å². The van der Waals surface area contributed by atoms with E-state index < -0.39 is 52.8 Å². The van der Waals surface area contributed by atoms with Crippen LogP contribution in [-0.4, -0.2) is 132 Å². The molecule has 2 aromatic rings. The van der Waals surface area contributed by atoms with Crippen LogP contribution in [-0.2, 0) is 54.3 Å². The Hall–Kier alpha value is -5.01. The first-order valence-corrected chi connectivity index (χ1v) is 26.4. The second kappa shape index (κ2) is 25.3. The Labute approximate surface area is 428 Å². The zero-order valence-corrected chi connectivity index (χ0v) is 44.1. The van der Waals surface area contributed by atoms with Crippen molar-refractivity contribution < 1.29 is 57.9 Å². The molecule has 1 aromatic carbocycles. The molecule has 18 heteroatoms. The van der Waals surface area contributed by atoms with Gasteiger partial charge < -0.3 is 50.0 Å². The SMILES string of the molecule is Cc1ncsc1-c1ccc(CNC(=O)[C@@H]2C[C@@H](O)CN2C(=O)[C@@H](NC(=O)COCCOCCNC(=O)CCC(C)(C)C(=O)O[C@H]2C[C@@H](C)C=C3C=C[C@H](C)[C@H](CC[C@@H]4C[C@@H](O)CC(=O)O4)[C@H]32)C(C)(C)C)cc1. The van der Waals surface area contributed by atoms with Crippen LogP contribution in [0, 0.1) is 41.4 Å². The molecule has 17 nitrogen and oxygen atoms in total. The molecule has 0 unspecified atom stereocenters. The van der Waals surface area contributed by atoms with Crippen LogP contribution in [0.5, 0.6) is 0 Å². The predicted octanol–water partition coefficient (Wildman–Crippen LogP) is 5.35. The fraction of sp³-hybridized carbons (Fsp3) is 0.648. The topological polar surface area (TPSA) is 232 Å². The van der Waals surface area contributed by atoms with Crippen molar-refractivity contribution in [3.05, 3.63) is 64.8 Å². The van der Waals surface area contributed by atoms with E-state index in [4.69, 9.17) is 18.9 Å². The van der Waals surface area contributed by atoms with Crippen LogP contribution in [0.4, 0.5) is 0 Å². The number of nitrogens with zero attached hydrogens (tertiary/aromatic N) is 2. The molecule has 6 rings (SSSR count). The van der Waals surface area contributed by atoms with Gasteiger partial charge in [0.05, 0.1) is 59.9 Å². The summed E-state index contributed by atoms with van der Waals surface area (Å²) in [6.45, 7) is 15.7. The largest absolute Gasteiger partial charge is 0.462 e. The highest BCUT2D eigenvalue weighted by Crippen LogP contribution is 2.46. The van der Waals surface area contributed by atoms with Crippen LogP contribution < -0.4 is 16.0 Å². The number of likely N-dealkylation sites (tertiary alicyclic amines) is 1. The summed E-state index contributed by atoms with van der Waals surface area (Å²) in [5, 5.41) is 29.2. The third-order valence-electron chi connectivity index (χ3n) is 14.3. The van der Waals surface area contributed by atoms with Crippen molar-refractivity contribution in [2.24, 2.45) is 34.5 Å². The normalized spacial score (nSPS) is 25.7. The third kappa shape index (κ3) is 15.5. The van der Waals surface area contributed by atoms with Gasteiger partial charge in [-0.25, -0.2) is 4.98 Å². The van der Waals surface area contributed by atoms with E-state index in [-0.39, 0.29) is 125 Å². The second-order valence-corrected chi connectivity index (χ2v) is 22.7. The number of aliphatic hydroxyl groups excluding tert-OH is 2. The molecule has 3 heterocycles. The van der Waals surface area contributed by atoms with Crippen LogP contribution in [0.1, 0.15) is 111 Å². The van der Waals surface area contributed by atoms with Crippen LogP contribution in [0.25, 0.3) is 10.4 Å². The fourth-order valence-electron chi connectivity index (χ4n) is 10.2. The number of carbonyl (C=O) groups is 6. The number of aryl methyl sites for hydroxylation is 1. The molecular weight excluding hydrogens is 943 g/mol. The monoisotopic (exact) mass is 1020 g/mol. The average Bonchev–Trinajstić information content (AvgIpc) is 3.94. The molecule has 0 radical (unpaired) electrons. The van der Waals surface area contributed by atoms with Gasteiger partial charge in [-0.2, -0.15) is 0 Å². The number of aliphatic hydroxyl groups is 2. The minimum atomic E-state index is -1.00. The van der Waals surface area contributed by atoms with Gasteiger partial charge in [0.1, 0.15) is 30.9 Å². The molecule has 2 saturated heterocycles. The first-order valence-electron chi connectivity index (χ1n) is 25.5. The van der Waals surface area contributed by atoms with Gasteiger partial charge in [-0.15, -0.1) is 11.3 Å². The first-order chi connectivity index (χ1) is 34.1. The van der Waals surface area contributed by atoms with Gasteiger partial charge in [-0.05, 0) is 86.3 Å². The zero-order chi connectivity index (χ0) is 52.3. The van der Waals surface area contributed by atoms with E-state index in [1.54, 1.807) is 30.7 Å². The van der Waals surface area contributed by atoms with Gasteiger partial charge in [0, 0.05) is 44.8 Å². The van der Waals surface area contributed by atoms with E-state index in [0.29, 0.717) is 19.3 Å². The van der Waals surface area contributed by atoms with E-state index in [2.05, 4.69) is 53.0 Å². The number of cyclic esters (lactones) is 1. The number of aromatic nitrogens is 1. The minimum absolute atomic E-state index is 0.0129. The van der Waals surface area contributed by atoms with Crippen molar-refractivity contribution >= 4 is 46.9 Å². The second-order valence-electron chi connectivity index (χ2n) is 21.9. The van der Waals surface area contributed by atoms with Crippen molar-refractivity contribution in [1.29, 1.82) is 0 Å². The summed E-state index contributed by atoms with van der Waals surface area (Å²) in [5.41, 5.74) is 4.17. The van der Waals surface area contributed by atoms with Gasteiger partial charge in [-0.3, -0.25) is 28.8 Å². The summed E-state index contributed by atoms with van der Waals surface area (Å²) >= 11 is 1.56. The maximum absolute atomic E-state index is 14.0. The molecule has 2 aliphatic carbocycles. The lowest BCUT2D eigenvalue weighted by Crippen LogP contribution is -2.58. The Morgan fingerprint density at radius 1 is 0.931 bits per heavy atom. The number of rotatable bonds is 22. The number of hydrogen-bond acceptors (Lipinski definition) is 14. The van der Waals surface area contributed by atoms with Gasteiger partial charge in [0.25, 0.3) is 0 Å². The summed E-state index contributed by atoms with van der Waals surface area (Å²) < 4.78 is 23.0. The van der Waals surface area contributed by atoms with E-state index >= 15 is 0 Å². The summed E-state index contributed by atoms with van der Waals surface area (Å²) in [6, 6.07) is 5.90. The lowest BCUT2D eigenvalue weighted by Gasteiger charge is -2.44. The molecule has 0 spiro atoms. The molecule has 2 aliphatic heterocycles. The Bertz CT molecular complexity index is 2270. The van der Waals surface area contributed by atoms with Crippen LogP contribution in [0.2, 0.25) is 0 Å². The maximum Gasteiger partial charge on any atom is 0.311 e. The molecule has 2 fully saturated rings. The number of thiazole rings is 1. The molecular formula is C54H77N5O12S. The highest BCUT2D eigenvalue weighted by Gasteiger charge is 2.46.